The number of carbonyl (C=O) groups excluding carboxylic acids is 1. The second-order valence-corrected chi connectivity index (χ2v) is 15.9. The van der Waals surface area contributed by atoms with Gasteiger partial charge in [0.2, 0.25) is 0 Å². The van der Waals surface area contributed by atoms with Crippen molar-refractivity contribution < 1.29 is 23.2 Å². The number of benzene rings is 2. The van der Waals surface area contributed by atoms with Gasteiger partial charge in [0.1, 0.15) is 5.75 Å². The summed E-state index contributed by atoms with van der Waals surface area (Å²) in [7, 11) is -2.87. The van der Waals surface area contributed by atoms with Gasteiger partial charge in [0, 0.05) is 51.1 Å². The zero-order chi connectivity index (χ0) is 29.1. The number of anilines is 1. The average molecular weight is 613 g/mol. The Morgan fingerprint density at radius 2 is 2.02 bits per heavy atom. The number of amides is 1. The summed E-state index contributed by atoms with van der Waals surface area (Å²) >= 11 is 6.42. The van der Waals surface area contributed by atoms with Crippen LogP contribution in [0.15, 0.2) is 36.4 Å². The minimum atomic E-state index is -2.87. The minimum Gasteiger partial charge on any atom is -0.490 e. The second kappa shape index (κ2) is 11.0. The van der Waals surface area contributed by atoms with Gasteiger partial charge in [-0.15, -0.1) is 0 Å². The van der Waals surface area contributed by atoms with E-state index in [1.165, 1.54) is 11.1 Å². The van der Waals surface area contributed by atoms with Crippen molar-refractivity contribution >= 4 is 38.8 Å². The number of fused-ring (bicyclic) bond motifs is 7. The Morgan fingerprint density at radius 1 is 1.14 bits per heavy atom. The lowest BCUT2D eigenvalue weighted by Gasteiger charge is -2.48. The molecule has 2 aromatic carbocycles. The normalized spacial score (nSPS) is 36.5. The van der Waals surface area contributed by atoms with Crippen molar-refractivity contribution in [2.24, 2.45) is 17.8 Å². The van der Waals surface area contributed by atoms with Gasteiger partial charge in [0.05, 0.1) is 43.5 Å². The van der Waals surface area contributed by atoms with Crippen LogP contribution < -0.4 is 14.4 Å². The second-order valence-electron chi connectivity index (χ2n) is 13.2. The van der Waals surface area contributed by atoms with E-state index in [4.69, 9.17) is 25.8 Å². The molecule has 0 aromatic heterocycles. The standard InChI is InChI=1S/C33H41ClN2O5S/c1-21-18-40-31-16-30(21)39-12-13-42(2,38)35-32(37)23-6-10-29-28(15-23)36(17-24-5-8-26(24)31)19-33(20-41-29)11-3-4-22-14-25(34)7-9-27(22)33/h6-7,9-10,14-15,21,24,26,30-31H,2-5,8,11-13,16-20H2,1H3,(H,35,37,38)/t21-,24-,26+,30+,31+,33-,42?/m0/s1. The molecule has 2 aromatic rings. The van der Waals surface area contributed by atoms with Crippen molar-refractivity contribution in [1.29, 1.82) is 0 Å². The van der Waals surface area contributed by atoms with Gasteiger partial charge >= 0.3 is 0 Å². The number of hydrogen-bond acceptors (Lipinski definition) is 6. The molecule has 2 fully saturated rings. The molecule has 1 unspecified atom stereocenters. The van der Waals surface area contributed by atoms with Gasteiger partial charge in [-0.25, -0.2) is 4.21 Å². The molecule has 0 radical (unpaired) electrons. The number of aryl methyl sites for hydroxylation is 1. The molecule has 7 rings (SSSR count). The summed E-state index contributed by atoms with van der Waals surface area (Å²) < 4.78 is 35.3. The van der Waals surface area contributed by atoms with Gasteiger partial charge in [-0.1, -0.05) is 24.6 Å². The van der Waals surface area contributed by atoms with Crippen LogP contribution in [0.2, 0.25) is 5.02 Å². The molecular weight excluding hydrogens is 572 g/mol. The smallest absolute Gasteiger partial charge is 0.262 e. The number of nitrogens with one attached hydrogen (secondary N) is 1. The summed E-state index contributed by atoms with van der Waals surface area (Å²) in [6.07, 6.45) is 6.47. The monoisotopic (exact) mass is 612 g/mol. The number of rotatable bonds is 0. The Hall–Kier alpha value is -2.26. The molecule has 1 amide bonds. The van der Waals surface area contributed by atoms with Crippen LogP contribution in [0.1, 0.15) is 60.5 Å². The van der Waals surface area contributed by atoms with Crippen LogP contribution in [0.3, 0.4) is 0 Å². The Morgan fingerprint density at radius 3 is 2.86 bits per heavy atom. The lowest BCUT2D eigenvalue weighted by molar-refractivity contribution is -0.139. The molecule has 7 nitrogen and oxygen atoms in total. The lowest BCUT2D eigenvalue weighted by atomic mass is 9.67. The molecule has 2 aliphatic carbocycles. The largest absolute Gasteiger partial charge is 0.490 e. The van der Waals surface area contributed by atoms with Crippen molar-refractivity contribution in [3.8, 4) is 5.75 Å². The Kier molecular flexibility index (Phi) is 7.48. The van der Waals surface area contributed by atoms with Crippen LogP contribution >= 0.6 is 11.6 Å². The van der Waals surface area contributed by atoms with Gasteiger partial charge in [-0.2, -0.15) is 0 Å². The van der Waals surface area contributed by atoms with Crippen LogP contribution in [0.25, 0.3) is 0 Å². The molecule has 1 N–H and O–H groups in total. The third-order valence-corrected chi connectivity index (χ3v) is 12.0. The number of ether oxygens (including phenoxy) is 3. The fraction of sp³-hybridized carbons (Fsp3) is 0.576. The van der Waals surface area contributed by atoms with Crippen LogP contribution in [-0.4, -0.2) is 66.9 Å². The zero-order valence-electron chi connectivity index (χ0n) is 24.3. The van der Waals surface area contributed by atoms with E-state index in [1.807, 2.05) is 18.2 Å². The molecule has 9 heteroatoms. The number of hydrogen-bond donors (Lipinski definition) is 1. The average Bonchev–Trinajstić information content (AvgIpc) is 3.09. The van der Waals surface area contributed by atoms with E-state index >= 15 is 0 Å². The summed E-state index contributed by atoms with van der Waals surface area (Å²) in [4.78, 5) is 15.8. The third-order valence-electron chi connectivity index (χ3n) is 10.4. The van der Waals surface area contributed by atoms with E-state index < -0.39 is 9.71 Å². The topological polar surface area (TPSA) is 77.1 Å². The third kappa shape index (κ3) is 5.33. The summed E-state index contributed by atoms with van der Waals surface area (Å²) in [5.74, 6) is 5.63. The Labute approximate surface area is 254 Å². The van der Waals surface area contributed by atoms with Crippen LogP contribution in [0.5, 0.6) is 5.75 Å². The minimum absolute atomic E-state index is 0.0450. The van der Waals surface area contributed by atoms with Gasteiger partial charge in [0.15, 0.2) is 0 Å². The van der Waals surface area contributed by atoms with E-state index in [1.54, 1.807) is 6.07 Å². The molecule has 3 heterocycles. The fourth-order valence-electron chi connectivity index (χ4n) is 7.91. The first-order chi connectivity index (χ1) is 20.2. The van der Waals surface area contributed by atoms with Gasteiger partial charge in [-0.3, -0.25) is 9.52 Å². The van der Waals surface area contributed by atoms with Gasteiger partial charge in [0.25, 0.3) is 5.91 Å². The van der Waals surface area contributed by atoms with Crippen LogP contribution in [-0.2, 0) is 31.0 Å². The first-order valence-electron chi connectivity index (χ1n) is 15.4. The molecule has 7 atom stereocenters. The lowest BCUT2D eigenvalue weighted by Crippen LogP contribution is -2.51. The molecule has 5 aliphatic rings. The maximum absolute atomic E-state index is 13.4. The molecule has 4 bridgehead atoms. The van der Waals surface area contributed by atoms with Gasteiger partial charge in [-0.05, 0) is 91.3 Å². The number of carbonyl (C=O) groups is 1. The van der Waals surface area contributed by atoms with Crippen LogP contribution in [0, 0.1) is 17.8 Å². The van der Waals surface area contributed by atoms with Crippen molar-refractivity contribution in [3.05, 3.63) is 58.1 Å². The van der Waals surface area contributed by atoms with Crippen molar-refractivity contribution in [2.45, 2.75) is 63.1 Å². The first-order valence-corrected chi connectivity index (χ1v) is 17.7. The van der Waals surface area contributed by atoms with Crippen molar-refractivity contribution in [1.82, 2.24) is 4.72 Å². The highest BCUT2D eigenvalue weighted by atomic mass is 35.5. The Bertz CT molecular complexity index is 1480. The highest BCUT2D eigenvalue weighted by Crippen LogP contribution is 2.47. The summed E-state index contributed by atoms with van der Waals surface area (Å²) in [5, 5.41) is 0.771. The SMILES string of the molecule is C=S1(=O)CCO[C@@H]2C[C@@H](OC[C@@H]2C)[C@@H]2CC[C@H]2CN2C[C@@]3(CCCc4cc(Cl)ccc43)COc3ccc(cc32)C(=O)N1. The maximum Gasteiger partial charge on any atom is 0.262 e. The van der Waals surface area contributed by atoms with E-state index in [2.05, 4.69) is 34.5 Å². The molecule has 1 saturated heterocycles. The molecular formula is C33H41ClN2O5S. The first kappa shape index (κ1) is 28.5. The summed E-state index contributed by atoms with van der Waals surface area (Å²) in [5.41, 5.74) is 3.82. The van der Waals surface area contributed by atoms with E-state index in [0.717, 1.165) is 68.1 Å². The molecule has 1 saturated carbocycles. The summed E-state index contributed by atoms with van der Waals surface area (Å²) in [6, 6.07) is 11.9. The molecule has 226 valence electrons. The van der Waals surface area contributed by atoms with Gasteiger partial charge < -0.3 is 19.1 Å². The number of nitrogens with zero attached hydrogens (tertiary/aromatic N) is 1. The van der Waals surface area contributed by atoms with E-state index in [-0.39, 0.29) is 35.2 Å². The van der Waals surface area contributed by atoms with Crippen molar-refractivity contribution in [2.75, 3.05) is 43.6 Å². The summed E-state index contributed by atoms with van der Waals surface area (Å²) in [6.45, 7) is 5.34. The zero-order valence-corrected chi connectivity index (χ0v) is 25.9. The molecule has 1 spiro atoms. The fourth-order valence-corrected chi connectivity index (χ4v) is 9.02. The number of halogens is 1. The van der Waals surface area contributed by atoms with Crippen molar-refractivity contribution in [3.63, 3.8) is 0 Å². The predicted molar refractivity (Wildman–Crippen MR) is 167 cm³/mol. The quantitative estimate of drug-likeness (QED) is 0.421. The van der Waals surface area contributed by atoms with E-state index in [9.17, 15) is 9.00 Å². The van der Waals surface area contributed by atoms with Crippen LogP contribution in [0.4, 0.5) is 5.69 Å². The highest BCUT2D eigenvalue weighted by Gasteiger charge is 2.46. The highest BCUT2D eigenvalue weighted by molar-refractivity contribution is 7.99. The maximum atomic E-state index is 13.4. The Balaban J connectivity index is 1.28. The van der Waals surface area contributed by atoms with E-state index in [0.29, 0.717) is 37.2 Å². The molecule has 42 heavy (non-hydrogen) atoms. The predicted octanol–water partition coefficient (Wildman–Crippen LogP) is 5.02. The molecule has 3 aliphatic heterocycles.